The van der Waals surface area contributed by atoms with Crippen LogP contribution in [0, 0.1) is 11.7 Å². The second kappa shape index (κ2) is 5.08. The molecule has 7 heteroatoms. The van der Waals surface area contributed by atoms with Crippen molar-refractivity contribution in [3.8, 4) is 0 Å². The number of hydrogen-bond donors (Lipinski definition) is 0. The summed E-state index contributed by atoms with van der Waals surface area (Å²) in [5.74, 6) is -1.47. The SMILES string of the molecule is O=C1CCC2=NC3=C(C(c4ccc(F)c(Br)c4)C12)S(=O)(=O)CC3. The topological polar surface area (TPSA) is 63.6 Å². The lowest BCUT2D eigenvalue weighted by molar-refractivity contribution is -0.120. The first-order chi connectivity index (χ1) is 10.9. The van der Waals surface area contributed by atoms with Gasteiger partial charge in [0.1, 0.15) is 11.6 Å². The van der Waals surface area contributed by atoms with Gasteiger partial charge in [0, 0.05) is 24.5 Å². The average Bonchev–Trinajstić information content (AvgIpc) is 3.01. The zero-order valence-corrected chi connectivity index (χ0v) is 14.5. The summed E-state index contributed by atoms with van der Waals surface area (Å²) >= 11 is 3.15. The maximum Gasteiger partial charge on any atom is 0.177 e. The van der Waals surface area contributed by atoms with Gasteiger partial charge in [0.2, 0.25) is 0 Å². The molecule has 4 nitrogen and oxygen atoms in total. The molecule has 3 aliphatic rings. The first kappa shape index (κ1) is 15.2. The molecular formula is C16H13BrFNO3S. The lowest BCUT2D eigenvalue weighted by Gasteiger charge is -2.28. The van der Waals surface area contributed by atoms with Crippen LogP contribution in [0.25, 0.3) is 0 Å². The Labute approximate surface area is 141 Å². The Morgan fingerprint density at radius 1 is 1.17 bits per heavy atom. The van der Waals surface area contributed by atoms with E-state index >= 15 is 0 Å². The molecule has 1 saturated carbocycles. The monoisotopic (exact) mass is 397 g/mol. The molecule has 0 spiro atoms. The molecule has 0 bridgehead atoms. The lowest BCUT2D eigenvalue weighted by Crippen LogP contribution is -2.30. The molecule has 2 aliphatic heterocycles. The van der Waals surface area contributed by atoms with Gasteiger partial charge in [0.05, 0.1) is 26.7 Å². The number of benzene rings is 1. The van der Waals surface area contributed by atoms with E-state index in [0.29, 0.717) is 30.5 Å². The molecule has 1 aromatic rings. The highest BCUT2D eigenvalue weighted by Crippen LogP contribution is 2.49. The number of allylic oxidation sites excluding steroid dienone is 2. The van der Waals surface area contributed by atoms with Gasteiger partial charge in [0.15, 0.2) is 9.84 Å². The molecule has 23 heavy (non-hydrogen) atoms. The van der Waals surface area contributed by atoms with Crippen molar-refractivity contribution in [1.82, 2.24) is 0 Å². The number of aliphatic imine (C=N–C) groups is 1. The number of carbonyl (C=O) groups is 1. The van der Waals surface area contributed by atoms with Crippen LogP contribution >= 0.6 is 15.9 Å². The van der Waals surface area contributed by atoms with E-state index in [0.717, 1.165) is 5.71 Å². The zero-order valence-electron chi connectivity index (χ0n) is 12.1. The standard InChI is InChI=1S/C16H13BrFNO3S/c17-9-7-8(1-2-10(9)18)14-15-11(3-4-13(15)20)19-12-5-6-23(21,22)16(12)14/h1-2,7,14-15H,3-6H2. The van der Waals surface area contributed by atoms with Crippen LogP contribution in [-0.2, 0) is 14.6 Å². The third kappa shape index (κ3) is 2.24. The van der Waals surface area contributed by atoms with Gasteiger partial charge in [-0.2, -0.15) is 0 Å². The van der Waals surface area contributed by atoms with E-state index in [4.69, 9.17) is 0 Å². The molecule has 0 radical (unpaired) electrons. The van der Waals surface area contributed by atoms with Crippen LogP contribution < -0.4 is 0 Å². The van der Waals surface area contributed by atoms with Crippen molar-refractivity contribution in [2.45, 2.75) is 25.2 Å². The van der Waals surface area contributed by atoms with Crippen LogP contribution in [0.2, 0.25) is 0 Å². The first-order valence-electron chi connectivity index (χ1n) is 7.39. The van der Waals surface area contributed by atoms with Gasteiger partial charge in [0.25, 0.3) is 0 Å². The highest BCUT2D eigenvalue weighted by Gasteiger charge is 2.49. The Hall–Kier alpha value is -1.34. The predicted molar refractivity (Wildman–Crippen MR) is 87.4 cm³/mol. The molecule has 0 amide bonds. The molecule has 2 heterocycles. The first-order valence-corrected chi connectivity index (χ1v) is 9.84. The molecule has 2 unspecified atom stereocenters. The van der Waals surface area contributed by atoms with Crippen LogP contribution in [0.15, 0.2) is 38.3 Å². The van der Waals surface area contributed by atoms with E-state index in [1.54, 1.807) is 12.1 Å². The number of hydrogen-bond acceptors (Lipinski definition) is 4. The summed E-state index contributed by atoms with van der Waals surface area (Å²) in [6.07, 6.45) is 1.36. The minimum atomic E-state index is -3.42. The van der Waals surface area contributed by atoms with Crippen LogP contribution in [-0.4, -0.2) is 25.7 Å². The fraction of sp³-hybridized carbons (Fsp3) is 0.375. The van der Waals surface area contributed by atoms with Crippen LogP contribution in [0.3, 0.4) is 0 Å². The maximum atomic E-state index is 13.6. The van der Waals surface area contributed by atoms with Crippen LogP contribution in [0.1, 0.15) is 30.7 Å². The third-order valence-corrected chi connectivity index (χ3v) is 7.27. The van der Waals surface area contributed by atoms with Gasteiger partial charge in [-0.1, -0.05) is 6.07 Å². The highest BCUT2D eigenvalue weighted by atomic mass is 79.9. The normalized spacial score (nSPS) is 28.6. The van der Waals surface area contributed by atoms with Crippen molar-refractivity contribution < 1.29 is 17.6 Å². The Morgan fingerprint density at radius 2 is 1.96 bits per heavy atom. The number of halogens is 2. The number of rotatable bonds is 1. The van der Waals surface area contributed by atoms with Crippen molar-refractivity contribution in [3.63, 3.8) is 0 Å². The van der Waals surface area contributed by atoms with E-state index in [-0.39, 0.29) is 20.9 Å². The quantitative estimate of drug-likeness (QED) is 0.730. The van der Waals surface area contributed by atoms with Crippen molar-refractivity contribution >= 4 is 37.3 Å². The van der Waals surface area contributed by atoms with Gasteiger partial charge in [-0.3, -0.25) is 9.79 Å². The Balaban J connectivity index is 1.95. The lowest BCUT2D eigenvalue weighted by atomic mass is 9.80. The average molecular weight is 398 g/mol. The van der Waals surface area contributed by atoms with Crippen molar-refractivity contribution in [3.05, 3.63) is 44.7 Å². The molecule has 1 aromatic carbocycles. The number of nitrogens with zero attached hydrogens (tertiary/aromatic N) is 1. The minimum absolute atomic E-state index is 0.0165. The van der Waals surface area contributed by atoms with Gasteiger partial charge in [-0.25, -0.2) is 12.8 Å². The van der Waals surface area contributed by atoms with E-state index in [2.05, 4.69) is 20.9 Å². The Kier molecular flexibility index (Phi) is 3.36. The predicted octanol–water partition coefficient (Wildman–Crippen LogP) is 3.14. The van der Waals surface area contributed by atoms with Gasteiger partial charge in [-0.05, 0) is 40.0 Å². The molecule has 0 aromatic heterocycles. The van der Waals surface area contributed by atoms with Crippen molar-refractivity contribution in [1.29, 1.82) is 0 Å². The van der Waals surface area contributed by atoms with Gasteiger partial charge >= 0.3 is 0 Å². The molecule has 120 valence electrons. The van der Waals surface area contributed by atoms with E-state index in [9.17, 15) is 17.6 Å². The number of ketones is 1. The fourth-order valence-corrected chi connectivity index (χ4v) is 6.00. The Morgan fingerprint density at radius 3 is 2.70 bits per heavy atom. The molecule has 1 fully saturated rings. The summed E-state index contributed by atoms with van der Waals surface area (Å²) in [4.78, 5) is 17.1. The van der Waals surface area contributed by atoms with E-state index in [1.807, 2.05) is 0 Å². The van der Waals surface area contributed by atoms with Crippen LogP contribution in [0.4, 0.5) is 4.39 Å². The smallest absolute Gasteiger partial charge is 0.177 e. The molecule has 2 atom stereocenters. The van der Waals surface area contributed by atoms with Crippen LogP contribution in [0.5, 0.6) is 0 Å². The third-order valence-electron chi connectivity index (χ3n) is 4.76. The number of fused-ring (bicyclic) bond motifs is 1. The highest BCUT2D eigenvalue weighted by molar-refractivity contribution is 9.10. The second-order valence-electron chi connectivity index (χ2n) is 6.08. The van der Waals surface area contributed by atoms with Gasteiger partial charge < -0.3 is 0 Å². The summed E-state index contributed by atoms with van der Waals surface area (Å²) < 4.78 is 38.8. The summed E-state index contributed by atoms with van der Waals surface area (Å²) in [5.41, 5.74) is 2.00. The van der Waals surface area contributed by atoms with E-state index < -0.39 is 27.5 Å². The molecule has 1 aliphatic carbocycles. The van der Waals surface area contributed by atoms with Crippen molar-refractivity contribution in [2.75, 3.05) is 5.75 Å². The van der Waals surface area contributed by atoms with E-state index in [1.165, 1.54) is 6.07 Å². The van der Waals surface area contributed by atoms with Crippen molar-refractivity contribution in [2.24, 2.45) is 10.9 Å². The maximum absolute atomic E-state index is 13.6. The number of sulfone groups is 1. The molecule has 0 N–H and O–H groups in total. The summed E-state index contributed by atoms with van der Waals surface area (Å²) in [6.45, 7) is 0. The number of Topliss-reactive ketones (excluding diaryl/α,β-unsaturated/α-hetero) is 1. The molecule has 4 rings (SSSR count). The fourth-order valence-electron chi connectivity index (χ4n) is 3.75. The Bertz CT molecular complexity index is 904. The molecule has 0 saturated heterocycles. The second-order valence-corrected chi connectivity index (χ2v) is 9.01. The summed E-state index contributed by atoms with van der Waals surface area (Å²) in [6, 6.07) is 4.44. The minimum Gasteiger partial charge on any atom is -0.299 e. The summed E-state index contributed by atoms with van der Waals surface area (Å²) in [7, 11) is -3.42. The largest absolute Gasteiger partial charge is 0.299 e. The zero-order chi connectivity index (χ0) is 16.4. The number of carbonyl (C=O) groups excluding carboxylic acids is 1. The summed E-state index contributed by atoms with van der Waals surface area (Å²) in [5, 5.41) is 0. The van der Waals surface area contributed by atoms with Gasteiger partial charge in [-0.15, -0.1) is 0 Å². The molecular weight excluding hydrogens is 385 g/mol.